The normalized spacial score (nSPS) is 12.9. The van der Waals surface area contributed by atoms with E-state index in [0.29, 0.717) is 17.6 Å². The Morgan fingerprint density at radius 2 is 0.911 bits per heavy atom. The zero-order chi connectivity index (χ0) is 37.0. The van der Waals surface area contributed by atoms with Crippen molar-refractivity contribution in [1.29, 1.82) is 0 Å². The number of allylic oxidation sites excluding steroid dienone is 4. The largest absolute Gasteiger partial charge is 0.307 e. The summed E-state index contributed by atoms with van der Waals surface area (Å²) in [7, 11) is 0. The Kier molecular flexibility index (Phi) is 7.56. The molecule has 7 aromatic carbocycles. The third-order valence-corrected chi connectivity index (χ3v) is 11.0. The van der Waals surface area contributed by atoms with E-state index in [1.807, 2.05) is 36.4 Å². The highest BCUT2D eigenvalue weighted by Crippen LogP contribution is 2.43. The summed E-state index contributed by atoms with van der Waals surface area (Å²) in [4.78, 5) is 15.7. The molecular weight excluding hydrogens is 683 g/mol. The summed E-state index contributed by atoms with van der Waals surface area (Å²) in [5.74, 6) is 1.82. The lowest BCUT2D eigenvalue weighted by molar-refractivity contribution is 0.953. The van der Waals surface area contributed by atoms with Crippen molar-refractivity contribution in [3.8, 4) is 45.5 Å². The lowest BCUT2D eigenvalue weighted by Crippen LogP contribution is -2.07. The molecule has 0 fully saturated rings. The summed E-state index contributed by atoms with van der Waals surface area (Å²) in [6, 6.07) is 60.0. The van der Waals surface area contributed by atoms with Gasteiger partial charge in [0.2, 0.25) is 5.95 Å². The second-order valence-corrected chi connectivity index (χ2v) is 14.3. The average Bonchev–Trinajstić information content (AvgIpc) is 3.80. The van der Waals surface area contributed by atoms with Crippen LogP contribution in [0.25, 0.3) is 94.7 Å². The number of benzene rings is 7. The molecule has 0 aliphatic heterocycles. The number of fused-ring (bicyclic) bond motifs is 7. The van der Waals surface area contributed by atoms with Crippen molar-refractivity contribution in [1.82, 2.24) is 24.1 Å². The zero-order valence-corrected chi connectivity index (χ0v) is 30.5. The van der Waals surface area contributed by atoms with Crippen molar-refractivity contribution >= 4 is 49.2 Å². The maximum atomic E-state index is 5.31. The van der Waals surface area contributed by atoms with E-state index in [1.54, 1.807) is 0 Å². The first-order chi connectivity index (χ1) is 27.8. The highest BCUT2D eigenvalue weighted by Gasteiger charge is 2.24. The Balaban J connectivity index is 1.30. The lowest BCUT2D eigenvalue weighted by Gasteiger charge is -2.13. The number of aromatic nitrogens is 5. The van der Waals surface area contributed by atoms with Gasteiger partial charge in [0, 0.05) is 38.4 Å². The van der Waals surface area contributed by atoms with Gasteiger partial charge in [-0.25, -0.2) is 4.98 Å². The molecule has 0 spiro atoms. The minimum absolute atomic E-state index is 0.570. The number of hydrogen-bond donors (Lipinski definition) is 0. The molecule has 0 saturated heterocycles. The van der Waals surface area contributed by atoms with Gasteiger partial charge in [-0.15, -0.1) is 0 Å². The molecule has 1 aliphatic carbocycles. The number of rotatable bonds is 6. The van der Waals surface area contributed by atoms with E-state index in [1.165, 1.54) is 27.5 Å². The van der Waals surface area contributed by atoms with Crippen LogP contribution < -0.4 is 0 Å². The van der Waals surface area contributed by atoms with Crippen molar-refractivity contribution in [2.45, 2.75) is 12.8 Å². The van der Waals surface area contributed by atoms with Crippen LogP contribution in [-0.2, 0) is 0 Å². The molecule has 0 bridgehead atoms. The minimum Gasteiger partial charge on any atom is -0.307 e. The van der Waals surface area contributed by atoms with Crippen molar-refractivity contribution in [2.24, 2.45) is 0 Å². The minimum atomic E-state index is 0.570. The number of para-hydroxylation sites is 1. The summed E-state index contributed by atoms with van der Waals surface area (Å²) in [6.07, 6.45) is 9.04. The van der Waals surface area contributed by atoms with Crippen LogP contribution in [0.3, 0.4) is 0 Å². The van der Waals surface area contributed by atoms with E-state index >= 15 is 0 Å². The molecule has 5 heteroatoms. The first kappa shape index (κ1) is 32.1. The topological polar surface area (TPSA) is 48.5 Å². The number of hydrogen-bond acceptors (Lipinski definition) is 3. The number of nitrogens with zero attached hydrogens (tertiary/aromatic N) is 5. The van der Waals surface area contributed by atoms with E-state index in [2.05, 4.69) is 161 Å². The van der Waals surface area contributed by atoms with Gasteiger partial charge in [0.1, 0.15) is 0 Å². The quantitative estimate of drug-likeness (QED) is 0.172. The van der Waals surface area contributed by atoms with Crippen LogP contribution >= 0.6 is 0 Å². The fourth-order valence-electron chi connectivity index (χ4n) is 8.37. The predicted molar refractivity (Wildman–Crippen MR) is 231 cm³/mol. The first-order valence-electron chi connectivity index (χ1n) is 19.2. The third-order valence-electron chi connectivity index (χ3n) is 11.0. The Hall–Kier alpha value is -7.37. The predicted octanol–water partition coefficient (Wildman–Crippen LogP) is 12.8. The van der Waals surface area contributed by atoms with Crippen molar-refractivity contribution < 1.29 is 0 Å². The van der Waals surface area contributed by atoms with Crippen LogP contribution in [0.5, 0.6) is 0 Å². The molecule has 11 rings (SSSR count). The average molecular weight is 718 g/mol. The Morgan fingerprint density at radius 1 is 0.393 bits per heavy atom. The van der Waals surface area contributed by atoms with Crippen LogP contribution in [-0.4, -0.2) is 24.1 Å². The van der Waals surface area contributed by atoms with E-state index in [4.69, 9.17) is 15.0 Å². The van der Waals surface area contributed by atoms with Gasteiger partial charge < -0.3 is 4.57 Å². The molecule has 0 atom stereocenters. The first-order valence-corrected chi connectivity index (χ1v) is 19.2. The van der Waals surface area contributed by atoms with Crippen molar-refractivity contribution in [2.75, 3.05) is 0 Å². The van der Waals surface area contributed by atoms with Crippen molar-refractivity contribution in [3.05, 3.63) is 194 Å². The molecule has 1 aliphatic rings. The molecular formula is C51H35N5. The molecule has 10 aromatic rings. The van der Waals surface area contributed by atoms with Gasteiger partial charge >= 0.3 is 0 Å². The second kappa shape index (κ2) is 13.2. The Labute approximate surface area is 324 Å². The fourth-order valence-corrected chi connectivity index (χ4v) is 8.37. The summed E-state index contributed by atoms with van der Waals surface area (Å²) < 4.78 is 4.70. The Bertz CT molecular complexity index is 3100. The zero-order valence-electron chi connectivity index (χ0n) is 30.5. The SMILES string of the molecule is C1=CC(c2ccc3c(c2)c2ccc4c5cc(-c6ccccc6)ccc5n(-c5nc(-c6ccccc6)nc(-c6ccccc6)n5)c4c2n3-c2ccccc2)=CCC1. The third kappa shape index (κ3) is 5.28. The molecule has 0 radical (unpaired) electrons. The van der Waals surface area contributed by atoms with Gasteiger partial charge in [-0.3, -0.25) is 4.57 Å². The van der Waals surface area contributed by atoms with Gasteiger partial charge in [-0.1, -0.05) is 152 Å². The highest BCUT2D eigenvalue weighted by atomic mass is 15.2. The molecule has 0 saturated carbocycles. The monoisotopic (exact) mass is 717 g/mol. The maximum absolute atomic E-state index is 5.31. The molecule has 264 valence electrons. The summed E-state index contributed by atoms with van der Waals surface area (Å²) in [5.41, 5.74) is 12.1. The molecule has 3 aromatic heterocycles. The van der Waals surface area contributed by atoms with E-state index in [9.17, 15) is 0 Å². The summed E-state index contributed by atoms with van der Waals surface area (Å²) in [6.45, 7) is 0. The molecule has 56 heavy (non-hydrogen) atoms. The van der Waals surface area contributed by atoms with Crippen LogP contribution in [0, 0.1) is 0 Å². The van der Waals surface area contributed by atoms with Crippen LogP contribution in [0.15, 0.2) is 188 Å². The maximum Gasteiger partial charge on any atom is 0.238 e. The van der Waals surface area contributed by atoms with E-state index < -0.39 is 0 Å². The molecule has 0 N–H and O–H groups in total. The smallest absolute Gasteiger partial charge is 0.238 e. The van der Waals surface area contributed by atoms with E-state index in [-0.39, 0.29) is 0 Å². The summed E-state index contributed by atoms with van der Waals surface area (Å²) in [5, 5.41) is 4.64. The molecule has 0 amide bonds. The highest BCUT2D eigenvalue weighted by molar-refractivity contribution is 6.24. The van der Waals surface area contributed by atoms with Crippen molar-refractivity contribution in [3.63, 3.8) is 0 Å². The van der Waals surface area contributed by atoms with Crippen LogP contribution in [0.1, 0.15) is 18.4 Å². The molecule has 3 heterocycles. The fraction of sp³-hybridized carbons (Fsp3) is 0.0392. The van der Waals surface area contributed by atoms with Gasteiger partial charge in [0.15, 0.2) is 11.6 Å². The van der Waals surface area contributed by atoms with Crippen LogP contribution in [0.2, 0.25) is 0 Å². The van der Waals surface area contributed by atoms with Gasteiger partial charge in [0.05, 0.1) is 22.1 Å². The van der Waals surface area contributed by atoms with E-state index in [0.717, 1.165) is 68.1 Å². The second-order valence-electron chi connectivity index (χ2n) is 14.3. The summed E-state index contributed by atoms with van der Waals surface area (Å²) >= 11 is 0. The molecule has 0 unspecified atom stereocenters. The van der Waals surface area contributed by atoms with Gasteiger partial charge in [0.25, 0.3) is 0 Å². The Morgan fingerprint density at radius 3 is 1.50 bits per heavy atom. The standard InChI is InChI=1S/C51H35N5/c1-6-16-34(17-7-1)38-26-30-45-43(32-38)41-28-29-42-44-33-39(35-18-8-2-9-19-35)27-31-46(44)56(48(42)47(41)55(45)40-24-14-5-15-25-40)51-53-49(36-20-10-3-11-21-36)52-50(54-51)37-22-12-4-13-23-37/h2-6,8-33H,1,7H2. The lowest BCUT2D eigenvalue weighted by atomic mass is 9.98. The van der Waals surface area contributed by atoms with Gasteiger partial charge in [-0.05, 0) is 71.5 Å². The van der Waals surface area contributed by atoms with Crippen LogP contribution in [0.4, 0.5) is 0 Å². The molecule has 5 nitrogen and oxygen atoms in total. The van der Waals surface area contributed by atoms with Gasteiger partial charge in [-0.2, -0.15) is 9.97 Å².